The van der Waals surface area contributed by atoms with Gasteiger partial charge in [0.15, 0.2) is 0 Å². The molecule has 0 amide bonds. The second kappa shape index (κ2) is 11.1. The van der Waals surface area contributed by atoms with Gasteiger partial charge in [0, 0.05) is 30.6 Å². The van der Waals surface area contributed by atoms with Crippen LogP contribution in [0.4, 0.5) is 5.69 Å². The molecule has 1 aromatic heterocycles. The lowest BCUT2D eigenvalue weighted by molar-refractivity contribution is 0.781. The Kier molecular flexibility index (Phi) is 6.60. The number of aromatic nitrogens is 1. The normalized spacial score (nSPS) is 15.3. The summed E-state index contributed by atoms with van der Waals surface area (Å²) < 4.78 is 2.47. The molecule has 0 radical (unpaired) electrons. The van der Waals surface area contributed by atoms with Crippen molar-refractivity contribution in [3.8, 4) is 11.1 Å². The van der Waals surface area contributed by atoms with Crippen molar-refractivity contribution in [1.82, 2.24) is 4.68 Å². The summed E-state index contributed by atoms with van der Waals surface area (Å²) in [6, 6.07) is 37.8. The minimum atomic E-state index is 0.931. The van der Waals surface area contributed by atoms with Gasteiger partial charge in [0.05, 0.1) is 22.6 Å². The number of rotatable bonds is 5. The Morgan fingerprint density at radius 2 is 1.53 bits per heavy atom. The highest BCUT2D eigenvalue weighted by Gasteiger charge is 2.28. The van der Waals surface area contributed by atoms with Crippen LogP contribution in [-0.2, 0) is 12.8 Å². The van der Waals surface area contributed by atoms with Crippen molar-refractivity contribution < 1.29 is 0 Å². The van der Waals surface area contributed by atoms with Gasteiger partial charge >= 0.3 is 0 Å². The average molecular weight is 608 g/mol. The maximum absolute atomic E-state index is 5.01. The highest BCUT2D eigenvalue weighted by atomic mass is 15.5. The average Bonchev–Trinajstić information content (AvgIpc) is 3.68. The van der Waals surface area contributed by atoms with Crippen LogP contribution in [0.3, 0.4) is 0 Å². The van der Waals surface area contributed by atoms with E-state index in [1.165, 1.54) is 71.9 Å². The predicted octanol–water partition coefficient (Wildman–Crippen LogP) is 10.3. The third-order valence-corrected chi connectivity index (χ3v) is 10.5. The van der Waals surface area contributed by atoms with Gasteiger partial charge in [0.2, 0.25) is 0 Å². The fraction of sp³-hybridized carbons (Fsp3) is 0.159. The van der Waals surface area contributed by atoms with Crippen LogP contribution in [0.1, 0.15) is 52.8 Å². The first-order valence-corrected chi connectivity index (χ1v) is 16.8. The van der Waals surface area contributed by atoms with Crippen LogP contribution < -0.4 is 5.01 Å². The van der Waals surface area contributed by atoms with Crippen molar-refractivity contribution >= 4 is 39.2 Å². The summed E-state index contributed by atoms with van der Waals surface area (Å²) in [7, 11) is 4.16. The Balaban J connectivity index is 1.23. The van der Waals surface area contributed by atoms with Crippen molar-refractivity contribution in [2.24, 2.45) is 4.99 Å². The van der Waals surface area contributed by atoms with Crippen LogP contribution in [0.2, 0.25) is 0 Å². The minimum Gasteiger partial charge on any atom is -0.287 e. The molecule has 0 unspecified atom stereocenters. The fourth-order valence-electron chi connectivity index (χ4n) is 8.31. The predicted molar refractivity (Wildman–Crippen MR) is 199 cm³/mol. The fourth-order valence-corrected chi connectivity index (χ4v) is 8.31. The second-order valence-electron chi connectivity index (χ2n) is 13.0. The van der Waals surface area contributed by atoms with E-state index in [4.69, 9.17) is 4.99 Å². The summed E-state index contributed by atoms with van der Waals surface area (Å²) in [6.07, 6.45) is 14.6. The summed E-state index contributed by atoms with van der Waals surface area (Å²) in [5.74, 6) is 0. The number of aliphatic imine (C=N–C) groups is 1. The molecule has 0 N–H and O–H groups in total. The molecule has 0 aliphatic heterocycles. The van der Waals surface area contributed by atoms with E-state index in [0.29, 0.717) is 0 Å². The second-order valence-corrected chi connectivity index (χ2v) is 13.0. The highest BCUT2D eigenvalue weighted by molar-refractivity contribution is 6.18. The van der Waals surface area contributed by atoms with E-state index in [1.54, 1.807) is 0 Å². The zero-order valence-corrected chi connectivity index (χ0v) is 27.0. The smallest absolute Gasteiger partial charge is 0.0740 e. The molecule has 3 heteroatoms. The minimum absolute atomic E-state index is 0.931. The van der Waals surface area contributed by atoms with Crippen molar-refractivity contribution in [3.05, 3.63) is 166 Å². The molecule has 0 bridgehead atoms. The molecule has 3 nitrogen and oxygen atoms in total. The Morgan fingerprint density at radius 3 is 2.43 bits per heavy atom. The van der Waals surface area contributed by atoms with Gasteiger partial charge in [-0.2, -0.15) is 0 Å². The number of para-hydroxylation sites is 1. The van der Waals surface area contributed by atoms with Crippen LogP contribution in [0.5, 0.6) is 0 Å². The topological polar surface area (TPSA) is 20.5 Å². The van der Waals surface area contributed by atoms with E-state index in [0.717, 1.165) is 49.1 Å². The zero-order chi connectivity index (χ0) is 31.5. The third-order valence-electron chi connectivity index (χ3n) is 10.5. The van der Waals surface area contributed by atoms with Crippen molar-refractivity contribution in [1.29, 1.82) is 0 Å². The van der Waals surface area contributed by atoms with Gasteiger partial charge in [-0.05, 0) is 100 Å². The number of hydrogen-bond donors (Lipinski definition) is 0. The van der Waals surface area contributed by atoms with E-state index in [2.05, 4.69) is 144 Å². The molecule has 3 aliphatic carbocycles. The van der Waals surface area contributed by atoms with Gasteiger partial charge in [-0.15, -0.1) is 0 Å². The molecule has 5 aromatic carbocycles. The summed E-state index contributed by atoms with van der Waals surface area (Å²) in [4.78, 5) is 5.01. The van der Waals surface area contributed by atoms with E-state index in [-0.39, 0.29) is 0 Å². The number of allylic oxidation sites excluding steroid dienone is 5. The van der Waals surface area contributed by atoms with Crippen LogP contribution in [0.15, 0.2) is 137 Å². The largest absolute Gasteiger partial charge is 0.287 e. The number of nitrogens with zero attached hydrogens (tertiary/aromatic N) is 3. The summed E-state index contributed by atoms with van der Waals surface area (Å²) in [5.41, 5.74) is 16.9. The maximum atomic E-state index is 5.01. The third kappa shape index (κ3) is 4.37. The Labute approximate surface area is 276 Å². The molecule has 0 saturated carbocycles. The summed E-state index contributed by atoms with van der Waals surface area (Å²) in [6.45, 7) is 0. The molecule has 0 atom stereocenters. The van der Waals surface area contributed by atoms with Crippen LogP contribution in [-0.4, -0.2) is 24.5 Å². The molecule has 6 aromatic rings. The van der Waals surface area contributed by atoms with E-state index < -0.39 is 0 Å². The Bertz CT molecular complexity index is 2360. The molecule has 228 valence electrons. The number of fused-ring (bicyclic) bond motifs is 8. The molecule has 0 fully saturated rings. The molecule has 0 spiro atoms. The van der Waals surface area contributed by atoms with Gasteiger partial charge in [-0.3, -0.25) is 14.7 Å². The van der Waals surface area contributed by atoms with Gasteiger partial charge in [0.1, 0.15) is 0 Å². The van der Waals surface area contributed by atoms with Gasteiger partial charge in [-0.1, -0.05) is 109 Å². The van der Waals surface area contributed by atoms with E-state index in [1.807, 2.05) is 7.05 Å². The number of benzene rings is 5. The van der Waals surface area contributed by atoms with Crippen molar-refractivity contribution in [2.75, 3.05) is 19.1 Å². The molecule has 1 heterocycles. The lowest BCUT2D eigenvalue weighted by Gasteiger charge is -2.28. The summed E-state index contributed by atoms with van der Waals surface area (Å²) in [5, 5.41) is 6.35. The van der Waals surface area contributed by atoms with Crippen molar-refractivity contribution in [3.63, 3.8) is 0 Å². The molecule has 0 saturated heterocycles. The molecule has 9 rings (SSSR count). The first-order chi connectivity index (χ1) is 23.2. The van der Waals surface area contributed by atoms with Gasteiger partial charge < -0.3 is 0 Å². The standard InChI is InChI=1S/C44H37N3/c1-45-44(36-21-12-20-35-33-17-8-7-16-32(33)27-39(35)36)38-19-10-11-22-40(38)46(2)47-41-26-24-30-15-6-9-18-34(30)43(41)37-25-23-31(28-42(37)47)29-13-4-3-5-14-29/h3-4,6-13,15-22,24,26,28H,5,14,23,25,27H2,1-2H3. The quantitative estimate of drug-likeness (QED) is 0.178. The van der Waals surface area contributed by atoms with E-state index in [9.17, 15) is 0 Å². The monoisotopic (exact) mass is 607 g/mol. The van der Waals surface area contributed by atoms with Crippen LogP contribution >= 0.6 is 0 Å². The Morgan fingerprint density at radius 1 is 0.723 bits per heavy atom. The number of hydrogen-bond acceptors (Lipinski definition) is 2. The highest BCUT2D eigenvalue weighted by Crippen LogP contribution is 2.42. The molecular formula is C44H37N3. The molecule has 3 aliphatic rings. The lowest BCUT2D eigenvalue weighted by Crippen LogP contribution is -2.28. The van der Waals surface area contributed by atoms with Gasteiger partial charge in [0.25, 0.3) is 0 Å². The summed E-state index contributed by atoms with van der Waals surface area (Å²) >= 11 is 0. The zero-order valence-electron chi connectivity index (χ0n) is 27.0. The van der Waals surface area contributed by atoms with Crippen LogP contribution in [0.25, 0.3) is 38.9 Å². The lowest BCUT2D eigenvalue weighted by atomic mass is 9.87. The van der Waals surface area contributed by atoms with Gasteiger partial charge in [-0.25, -0.2) is 0 Å². The SMILES string of the molecule is CN=C(c1ccccc1N(C)n1c2c(c3c4ccccc4ccc31)CCC(C1=CC=CCC1)=C2)c1cccc2c1Cc1ccccc1-2. The molecule has 47 heavy (non-hydrogen) atoms. The number of aryl methyl sites for hydroxylation is 1. The Hall–Kier alpha value is -5.41. The number of anilines is 1. The van der Waals surface area contributed by atoms with Crippen molar-refractivity contribution in [2.45, 2.75) is 32.1 Å². The molecular weight excluding hydrogens is 571 g/mol. The maximum Gasteiger partial charge on any atom is 0.0740 e. The van der Waals surface area contributed by atoms with E-state index >= 15 is 0 Å². The first-order valence-electron chi connectivity index (χ1n) is 16.8. The first kappa shape index (κ1) is 27.9. The van der Waals surface area contributed by atoms with Crippen LogP contribution in [0, 0.1) is 0 Å².